The van der Waals surface area contributed by atoms with E-state index in [1.54, 1.807) is 7.11 Å². The molecule has 1 aliphatic rings. The zero-order chi connectivity index (χ0) is 11.5. The van der Waals surface area contributed by atoms with E-state index in [-0.39, 0.29) is 5.54 Å². The van der Waals surface area contributed by atoms with Crippen molar-refractivity contribution in [2.75, 3.05) is 33.4 Å². The van der Waals surface area contributed by atoms with Crippen molar-refractivity contribution in [2.24, 2.45) is 5.92 Å². The third-order valence-electron chi connectivity index (χ3n) is 3.09. The summed E-state index contributed by atoms with van der Waals surface area (Å²) in [6.07, 6.45) is 0. The second-order valence-corrected chi connectivity index (χ2v) is 5.61. The van der Waals surface area contributed by atoms with E-state index in [4.69, 9.17) is 4.74 Å². The van der Waals surface area contributed by atoms with Gasteiger partial charge in [-0.15, -0.1) is 0 Å². The van der Waals surface area contributed by atoms with Crippen LogP contribution in [0.3, 0.4) is 0 Å². The second kappa shape index (κ2) is 5.28. The molecule has 0 atom stereocenters. The van der Waals surface area contributed by atoms with Gasteiger partial charge >= 0.3 is 0 Å². The third kappa shape index (κ3) is 4.09. The van der Waals surface area contributed by atoms with Crippen LogP contribution in [0.15, 0.2) is 0 Å². The Labute approximate surface area is 94.2 Å². The summed E-state index contributed by atoms with van der Waals surface area (Å²) in [6.45, 7) is 13.3. The molecule has 3 nitrogen and oxygen atoms in total. The minimum atomic E-state index is 0.104. The predicted molar refractivity (Wildman–Crippen MR) is 64.2 cm³/mol. The van der Waals surface area contributed by atoms with Crippen LogP contribution in [0.2, 0.25) is 0 Å². The number of rotatable bonds is 6. The maximum atomic E-state index is 5.18. The molecule has 0 radical (unpaired) electrons. The minimum Gasteiger partial charge on any atom is -0.383 e. The predicted octanol–water partition coefficient (Wildman–Crippen LogP) is 1.34. The van der Waals surface area contributed by atoms with Crippen LogP contribution >= 0.6 is 0 Å². The lowest BCUT2D eigenvalue weighted by molar-refractivity contribution is 0.0558. The first-order valence-electron chi connectivity index (χ1n) is 5.92. The Hall–Kier alpha value is -0.120. The van der Waals surface area contributed by atoms with E-state index in [0.717, 1.165) is 19.1 Å². The summed E-state index contributed by atoms with van der Waals surface area (Å²) in [4.78, 5) is 2.51. The molecule has 0 aromatic rings. The minimum absolute atomic E-state index is 0.104. The van der Waals surface area contributed by atoms with Crippen LogP contribution in [-0.4, -0.2) is 49.8 Å². The first-order valence-corrected chi connectivity index (χ1v) is 5.92. The summed E-state index contributed by atoms with van der Waals surface area (Å²) in [5.74, 6) is 0.823. The molecule has 0 bridgehead atoms. The smallest absolute Gasteiger partial charge is 0.0639 e. The zero-order valence-electron chi connectivity index (χ0n) is 10.8. The van der Waals surface area contributed by atoms with Crippen LogP contribution < -0.4 is 5.32 Å². The summed E-state index contributed by atoms with van der Waals surface area (Å²) >= 11 is 0. The summed E-state index contributed by atoms with van der Waals surface area (Å²) in [5, 5.41) is 3.57. The normalized spacial score (nSPS) is 19.6. The summed E-state index contributed by atoms with van der Waals surface area (Å²) in [5.41, 5.74) is 0.104. The lowest BCUT2D eigenvalue weighted by atomic mass is 9.96. The molecule has 0 aliphatic carbocycles. The second-order valence-electron chi connectivity index (χ2n) is 5.61. The van der Waals surface area contributed by atoms with Gasteiger partial charge < -0.3 is 15.0 Å². The van der Waals surface area contributed by atoms with Gasteiger partial charge in [0.25, 0.3) is 0 Å². The molecule has 3 heteroatoms. The molecule has 15 heavy (non-hydrogen) atoms. The Balaban J connectivity index is 2.12. The average molecular weight is 214 g/mol. The Kier molecular flexibility index (Phi) is 4.56. The highest BCUT2D eigenvalue weighted by molar-refractivity contribution is 4.86. The van der Waals surface area contributed by atoms with Gasteiger partial charge in [0.2, 0.25) is 0 Å². The Bertz CT molecular complexity index is 186. The summed E-state index contributed by atoms with van der Waals surface area (Å²) in [6, 6.07) is 0.702. The number of likely N-dealkylation sites (tertiary alicyclic amines) is 1. The molecule has 90 valence electrons. The van der Waals surface area contributed by atoms with Crippen molar-refractivity contribution in [1.82, 2.24) is 10.2 Å². The van der Waals surface area contributed by atoms with Gasteiger partial charge in [-0.05, 0) is 33.6 Å². The monoisotopic (exact) mass is 214 g/mol. The summed E-state index contributed by atoms with van der Waals surface area (Å²) in [7, 11) is 1.76. The van der Waals surface area contributed by atoms with Crippen LogP contribution in [0.1, 0.15) is 27.7 Å². The van der Waals surface area contributed by atoms with Crippen molar-refractivity contribution in [3.05, 3.63) is 0 Å². The van der Waals surface area contributed by atoms with Crippen molar-refractivity contribution >= 4 is 0 Å². The Morgan fingerprint density at radius 2 is 2.00 bits per heavy atom. The lowest BCUT2D eigenvalue weighted by Gasteiger charge is -2.43. The van der Waals surface area contributed by atoms with Crippen LogP contribution in [0.5, 0.6) is 0 Å². The fourth-order valence-corrected chi connectivity index (χ4v) is 1.99. The maximum Gasteiger partial charge on any atom is 0.0639 e. The number of ether oxygens (including phenoxy) is 1. The van der Waals surface area contributed by atoms with Gasteiger partial charge in [0.05, 0.1) is 6.61 Å². The van der Waals surface area contributed by atoms with E-state index < -0.39 is 0 Å². The molecular formula is C12H26N2O. The van der Waals surface area contributed by atoms with Crippen molar-refractivity contribution in [3.8, 4) is 0 Å². The molecule has 1 saturated heterocycles. The van der Waals surface area contributed by atoms with Crippen molar-refractivity contribution in [1.29, 1.82) is 0 Å². The molecule has 0 unspecified atom stereocenters. The van der Waals surface area contributed by atoms with Gasteiger partial charge in [-0.25, -0.2) is 0 Å². The fraction of sp³-hybridized carbons (Fsp3) is 1.00. The van der Waals surface area contributed by atoms with Crippen molar-refractivity contribution in [3.63, 3.8) is 0 Å². The van der Waals surface area contributed by atoms with E-state index in [2.05, 4.69) is 37.9 Å². The van der Waals surface area contributed by atoms with Crippen LogP contribution in [0.4, 0.5) is 0 Å². The van der Waals surface area contributed by atoms with Crippen LogP contribution in [0.25, 0.3) is 0 Å². The molecule has 1 N–H and O–H groups in total. The number of nitrogens with one attached hydrogen (secondary N) is 1. The van der Waals surface area contributed by atoms with Gasteiger partial charge in [-0.1, -0.05) is 0 Å². The Morgan fingerprint density at radius 3 is 2.47 bits per heavy atom. The lowest BCUT2D eigenvalue weighted by Crippen LogP contribution is -2.56. The number of nitrogens with zero attached hydrogens (tertiary/aromatic N) is 1. The SMILES string of the molecule is COCC(C)(C)NCC1CN(C(C)C)C1. The van der Waals surface area contributed by atoms with Crippen LogP contribution in [0, 0.1) is 5.92 Å². The van der Waals surface area contributed by atoms with Gasteiger partial charge in [0.15, 0.2) is 0 Å². The third-order valence-corrected chi connectivity index (χ3v) is 3.09. The van der Waals surface area contributed by atoms with Crippen molar-refractivity contribution in [2.45, 2.75) is 39.3 Å². The van der Waals surface area contributed by atoms with E-state index in [9.17, 15) is 0 Å². The average Bonchev–Trinajstić information content (AvgIpc) is 1.99. The molecular weight excluding hydrogens is 188 g/mol. The highest BCUT2D eigenvalue weighted by atomic mass is 16.5. The first kappa shape index (κ1) is 12.9. The highest BCUT2D eigenvalue weighted by Gasteiger charge is 2.29. The van der Waals surface area contributed by atoms with E-state index in [1.165, 1.54) is 13.1 Å². The molecule has 0 amide bonds. The quantitative estimate of drug-likeness (QED) is 0.722. The molecule has 0 aromatic carbocycles. The highest BCUT2D eigenvalue weighted by Crippen LogP contribution is 2.18. The standard InChI is InChI=1S/C12H26N2O/c1-10(2)14-7-11(8-14)6-13-12(3,4)9-15-5/h10-11,13H,6-9H2,1-5H3. The first-order chi connectivity index (χ1) is 6.94. The van der Waals surface area contributed by atoms with E-state index in [0.29, 0.717) is 6.04 Å². The maximum absolute atomic E-state index is 5.18. The number of hydrogen-bond acceptors (Lipinski definition) is 3. The van der Waals surface area contributed by atoms with E-state index in [1.807, 2.05) is 0 Å². The largest absolute Gasteiger partial charge is 0.383 e. The molecule has 0 saturated carbocycles. The topological polar surface area (TPSA) is 24.5 Å². The van der Waals surface area contributed by atoms with E-state index >= 15 is 0 Å². The van der Waals surface area contributed by atoms with Gasteiger partial charge in [0.1, 0.15) is 0 Å². The molecule has 0 aromatic heterocycles. The zero-order valence-corrected chi connectivity index (χ0v) is 10.8. The Morgan fingerprint density at radius 1 is 1.40 bits per heavy atom. The molecule has 1 aliphatic heterocycles. The molecule has 1 fully saturated rings. The van der Waals surface area contributed by atoms with Gasteiger partial charge in [-0.3, -0.25) is 0 Å². The molecule has 0 spiro atoms. The molecule has 1 heterocycles. The van der Waals surface area contributed by atoms with Gasteiger partial charge in [-0.2, -0.15) is 0 Å². The summed E-state index contributed by atoms with van der Waals surface area (Å²) < 4.78 is 5.18. The van der Waals surface area contributed by atoms with Crippen molar-refractivity contribution < 1.29 is 4.74 Å². The number of hydrogen-bond donors (Lipinski definition) is 1. The number of methoxy groups -OCH3 is 1. The van der Waals surface area contributed by atoms with Crippen LogP contribution in [-0.2, 0) is 4.74 Å². The fourth-order valence-electron chi connectivity index (χ4n) is 1.99. The molecule has 1 rings (SSSR count). The van der Waals surface area contributed by atoms with Gasteiger partial charge in [0, 0.05) is 38.3 Å².